The molecule has 0 saturated carbocycles. The van der Waals surface area contributed by atoms with E-state index >= 15 is 0 Å². The van der Waals surface area contributed by atoms with Crippen LogP contribution in [-0.2, 0) is 5.75 Å². The van der Waals surface area contributed by atoms with Crippen LogP contribution in [0.3, 0.4) is 0 Å². The maximum absolute atomic E-state index is 13.0. The van der Waals surface area contributed by atoms with E-state index in [1.165, 1.54) is 29.0 Å². The summed E-state index contributed by atoms with van der Waals surface area (Å²) in [6.45, 7) is 0. The Bertz CT molecular complexity index is 825. The van der Waals surface area contributed by atoms with Gasteiger partial charge < -0.3 is 0 Å². The molecule has 3 aromatic rings. The Morgan fingerprint density at radius 3 is 2.50 bits per heavy atom. The molecular weight excluding hydrogens is 359 g/mol. The van der Waals surface area contributed by atoms with E-state index in [0.717, 1.165) is 20.8 Å². The Hall–Kier alpha value is -1.21. The molecule has 0 amide bonds. The molecular formula is C15H10ClFN2S3. The standard InChI is InChI=1S/C15H10ClFN2S3/c16-11-3-1-10(2-4-11)9-21-14-18-19(15(20)22-14)13-7-5-12(17)6-8-13/h1-8H,9H2. The van der Waals surface area contributed by atoms with Crippen molar-refractivity contribution in [3.8, 4) is 5.69 Å². The van der Waals surface area contributed by atoms with Crippen LogP contribution in [0, 0.1) is 9.77 Å². The summed E-state index contributed by atoms with van der Waals surface area (Å²) in [5.41, 5.74) is 1.94. The van der Waals surface area contributed by atoms with Crippen molar-refractivity contribution < 1.29 is 4.39 Å². The summed E-state index contributed by atoms with van der Waals surface area (Å²) in [7, 11) is 0. The highest BCUT2D eigenvalue weighted by molar-refractivity contribution is 8.00. The van der Waals surface area contributed by atoms with Gasteiger partial charge in [-0.3, -0.25) is 0 Å². The van der Waals surface area contributed by atoms with E-state index in [4.69, 9.17) is 23.8 Å². The van der Waals surface area contributed by atoms with Crippen molar-refractivity contribution in [3.63, 3.8) is 0 Å². The van der Waals surface area contributed by atoms with Gasteiger partial charge in [-0.25, -0.2) is 9.07 Å². The molecule has 0 aliphatic rings. The van der Waals surface area contributed by atoms with Gasteiger partial charge in [0.15, 0.2) is 8.29 Å². The molecule has 0 unspecified atom stereocenters. The summed E-state index contributed by atoms with van der Waals surface area (Å²) in [5.74, 6) is 0.519. The fourth-order valence-electron chi connectivity index (χ4n) is 1.79. The molecule has 1 aromatic heterocycles. The minimum absolute atomic E-state index is 0.275. The molecule has 0 aliphatic carbocycles. The first kappa shape index (κ1) is 15.7. The smallest absolute Gasteiger partial charge is 0.184 e. The number of halogens is 2. The highest BCUT2D eigenvalue weighted by Crippen LogP contribution is 2.27. The summed E-state index contributed by atoms with van der Waals surface area (Å²) < 4.78 is 16.2. The molecule has 0 N–H and O–H groups in total. The lowest BCUT2D eigenvalue weighted by Gasteiger charge is -2.00. The largest absolute Gasteiger partial charge is 0.211 e. The maximum atomic E-state index is 13.0. The van der Waals surface area contributed by atoms with Gasteiger partial charge in [0.2, 0.25) is 0 Å². The van der Waals surface area contributed by atoms with Gasteiger partial charge in [-0.05, 0) is 54.2 Å². The minimum atomic E-state index is -0.275. The predicted molar refractivity (Wildman–Crippen MR) is 93.2 cm³/mol. The molecule has 0 saturated heterocycles. The molecule has 0 fully saturated rings. The van der Waals surface area contributed by atoms with Crippen molar-refractivity contribution in [2.45, 2.75) is 10.1 Å². The Balaban J connectivity index is 1.76. The van der Waals surface area contributed by atoms with Crippen molar-refractivity contribution in [3.05, 3.63) is 68.9 Å². The Morgan fingerprint density at radius 1 is 1.14 bits per heavy atom. The lowest BCUT2D eigenvalue weighted by molar-refractivity contribution is 0.627. The normalized spacial score (nSPS) is 10.8. The third kappa shape index (κ3) is 3.76. The van der Waals surface area contributed by atoms with Crippen molar-refractivity contribution in [1.82, 2.24) is 9.78 Å². The van der Waals surface area contributed by atoms with Crippen LogP contribution in [0.5, 0.6) is 0 Å². The average Bonchev–Trinajstić information content (AvgIpc) is 2.89. The molecule has 112 valence electrons. The lowest BCUT2D eigenvalue weighted by Crippen LogP contribution is -1.96. The Labute approximate surface area is 145 Å². The molecule has 0 spiro atoms. The van der Waals surface area contributed by atoms with Gasteiger partial charge in [0.05, 0.1) is 5.69 Å². The highest BCUT2D eigenvalue weighted by atomic mass is 35.5. The van der Waals surface area contributed by atoms with Crippen molar-refractivity contribution in [2.24, 2.45) is 0 Å². The van der Waals surface area contributed by atoms with E-state index in [1.54, 1.807) is 28.6 Å². The second kappa shape index (κ2) is 6.91. The van der Waals surface area contributed by atoms with Crippen molar-refractivity contribution >= 4 is 46.9 Å². The van der Waals surface area contributed by atoms with E-state index in [1.807, 2.05) is 24.3 Å². The van der Waals surface area contributed by atoms with E-state index in [9.17, 15) is 4.39 Å². The summed E-state index contributed by atoms with van der Waals surface area (Å²) in [6.07, 6.45) is 0. The zero-order valence-corrected chi connectivity index (χ0v) is 14.4. The first-order valence-corrected chi connectivity index (χ1v) is 8.94. The van der Waals surface area contributed by atoms with Crippen LogP contribution in [0.15, 0.2) is 52.9 Å². The summed E-state index contributed by atoms with van der Waals surface area (Å²) in [5, 5.41) is 5.21. The van der Waals surface area contributed by atoms with Crippen LogP contribution in [0.4, 0.5) is 4.39 Å². The Morgan fingerprint density at radius 2 is 1.82 bits per heavy atom. The summed E-state index contributed by atoms with van der Waals surface area (Å²) in [4.78, 5) is 0. The number of benzene rings is 2. The lowest BCUT2D eigenvalue weighted by atomic mass is 10.2. The second-order valence-electron chi connectivity index (χ2n) is 4.44. The van der Waals surface area contributed by atoms with Gasteiger partial charge in [-0.2, -0.15) is 0 Å². The molecule has 3 rings (SSSR count). The zero-order valence-electron chi connectivity index (χ0n) is 11.2. The first-order chi connectivity index (χ1) is 10.6. The number of rotatable bonds is 4. The molecule has 22 heavy (non-hydrogen) atoms. The third-order valence-electron chi connectivity index (χ3n) is 2.88. The molecule has 0 aliphatic heterocycles. The van der Waals surface area contributed by atoms with E-state index in [-0.39, 0.29) is 5.82 Å². The van der Waals surface area contributed by atoms with Gasteiger partial charge in [0.1, 0.15) is 5.82 Å². The number of hydrogen-bond acceptors (Lipinski definition) is 4. The number of thioether (sulfide) groups is 1. The highest BCUT2D eigenvalue weighted by Gasteiger charge is 2.07. The maximum Gasteiger partial charge on any atom is 0.184 e. The average molecular weight is 369 g/mol. The van der Waals surface area contributed by atoms with E-state index < -0.39 is 0 Å². The molecule has 2 aromatic carbocycles. The molecule has 0 radical (unpaired) electrons. The van der Waals surface area contributed by atoms with Crippen LogP contribution >= 0.6 is 46.9 Å². The van der Waals surface area contributed by atoms with Crippen LogP contribution in [0.2, 0.25) is 5.02 Å². The predicted octanol–water partition coefficient (Wildman–Crippen LogP) is 5.75. The van der Waals surface area contributed by atoms with Gasteiger partial charge in [0.25, 0.3) is 0 Å². The SMILES string of the molecule is Fc1ccc(-n2nc(SCc3ccc(Cl)cc3)sc2=S)cc1. The second-order valence-corrected chi connectivity index (χ2v) is 7.72. The van der Waals surface area contributed by atoms with Gasteiger partial charge >= 0.3 is 0 Å². The summed E-state index contributed by atoms with van der Waals surface area (Å²) >= 11 is 14.3. The molecule has 0 atom stereocenters. The molecule has 7 heteroatoms. The number of aromatic nitrogens is 2. The molecule has 0 bridgehead atoms. The van der Waals surface area contributed by atoms with Crippen LogP contribution in [-0.4, -0.2) is 9.78 Å². The Kier molecular flexibility index (Phi) is 4.93. The summed E-state index contributed by atoms with van der Waals surface area (Å²) in [6, 6.07) is 13.9. The van der Waals surface area contributed by atoms with Gasteiger partial charge in [0, 0.05) is 10.8 Å². The molecule has 2 nitrogen and oxygen atoms in total. The number of hydrogen-bond donors (Lipinski definition) is 0. The van der Waals surface area contributed by atoms with Crippen LogP contribution < -0.4 is 0 Å². The fraction of sp³-hybridized carbons (Fsp3) is 0.0667. The quantitative estimate of drug-likeness (QED) is 0.431. The van der Waals surface area contributed by atoms with Crippen LogP contribution in [0.25, 0.3) is 5.69 Å². The number of nitrogens with zero attached hydrogens (tertiary/aromatic N) is 2. The van der Waals surface area contributed by atoms with Crippen molar-refractivity contribution in [2.75, 3.05) is 0 Å². The zero-order chi connectivity index (χ0) is 15.5. The van der Waals surface area contributed by atoms with Crippen LogP contribution in [0.1, 0.15) is 5.56 Å². The fourth-order valence-corrected chi connectivity index (χ4v) is 4.23. The topological polar surface area (TPSA) is 17.8 Å². The minimum Gasteiger partial charge on any atom is -0.211 e. The monoisotopic (exact) mass is 368 g/mol. The van der Waals surface area contributed by atoms with Gasteiger partial charge in [-0.15, -0.1) is 5.10 Å². The third-order valence-corrected chi connectivity index (χ3v) is 5.56. The molecule has 1 heterocycles. The van der Waals surface area contributed by atoms with Crippen molar-refractivity contribution in [1.29, 1.82) is 0 Å². The first-order valence-electron chi connectivity index (χ1n) is 6.35. The van der Waals surface area contributed by atoms with E-state index in [0.29, 0.717) is 3.95 Å². The van der Waals surface area contributed by atoms with E-state index in [2.05, 4.69) is 5.10 Å². The van der Waals surface area contributed by atoms with Gasteiger partial charge in [-0.1, -0.05) is 46.8 Å².